The Hall–Kier alpha value is -4.06. The van der Waals surface area contributed by atoms with Crippen LogP contribution in [-0.4, -0.2) is 97.3 Å². The summed E-state index contributed by atoms with van der Waals surface area (Å²) < 4.78 is 18.0. The van der Waals surface area contributed by atoms with Crippen molar-refractivity contribution in [1.82, 2.24) is 20.1 Å². The summed E-state index contributed by atoms with van der Waals surface area (Å²) in [6, 6.07) is 15.8. The fourth-order valence-corrected chi connectivity index (χ4v) is 7.93. The Labute approximate surface area is 267 Å². The first-order valence-electron chi connectivity index (χ1n) is 16.3. The summed E-state index contributed by atoms with van der Waals surface area (Å²) in [4.78, 5) is 48.4. The second-order valence-corrected chi connectivity index (χ2v) is 13.3. The summed E-state index contributed by atoms with van der Waals surface area (Å²) in [6.45, 7) is 6.13. The van der Waals surface area contributed by atoms with Crippen molar-refractivity contribution in [2.45, 2.75) is 50.6 Å². The highest BCUT2D eigenvalue weighted by molar-refractivity contribution is 6.05. The molecule has 5 aliphatic heterocycles. The highest BCUT2D eigenvalue weighted by Crippen LogP contribution is 2.34. The molecule has 3 aromatic rings. The van der Waals surface area contributed by atoms with Gasteiger partial charge in [0.25, 0.3) is 5.91 Å². The Morgan fingerprint density at radius 2 is 1.91 bits per heavy atom. The number of piperidine rings is 1. The third kappa shape index (κ3) is 5.50. The van der Waals surface area contributed by atoms with Crippen LogP contribution in [0, 0.1) is 11.8 Å². The quantitative estimate of drug-likeness (QED) is 0.378. The van der Waals surface area contributed by atoms with Gasteiger partial charge in [-0.25, -0.2) is 4.98 Å². The maximum Gasteiger partial charge on any atom is 0.255 e. The SMILES string of the molecule is COC[C@@H]1CN(Cc2ccc3nc(N4C[C@H]5CCO[C@H]5C4)ccc3c2)C[C@H]1Oc1ccc2c(c1)CN([C@H]1CCC(=O)NC1=O)C2=O. The molecule has 5 aliphatic rings. The number of carbonyl (C=O) groups excluding carboxylic acids is 3. The van der Waals surface area contributed by atoms with Crippen LogP contribution in [0.25, 0.3) is 10.9 Å². The van der Waals surface area contributed by atoms with E-state index in [9.17, 15) is 14.4 Å². The minimum absolute atomic E-state index is 0.0741. The van der Waals surface area contributed by atoms with Crippen molar-refractivity contribution < 1.29 is 28.6 Å². The van der Waals surface area contributed by atoms with Crippen LogP contribution in [0.15, 0.2) is 48.5 Å². The molecule has 0 radical (unpaired) electrons. The average molecular weight is 626 g/mol. The number of anilines is 1. The molecule has 0 bridgehead atoms. The number of nitrogens with one attached hydrogen (secondary N) is 1. The molecule has 0 spiro atoms. The zero-order chi connectivity index (χ0) is 31.4. The third-order valence-electron chi connectivity index (χ3n) is 10.3. The summed E-state index contributed by atoms with van der Waals surface area (Å²) in [7, 11) is 1.72. The first kappa shape index (κ1) is 29.3. The van der Waals surface area contributed by atoms with Gasteiger partial charge >= 0.3 is 0 Å². The maximum atomic E-state index is 13.1. The Balaban J connectivity index is 0.922. The van der Waals surface area contributed by atoms with Crippen LogP contribution in [0.1, 0.15) is 40.7 Å². The molecule has 1 aromatic heterocycles. The molecule has 46 heavy (non-hydrogen) atoms. The Bertz CT molecular complexity index is 1690. The lowest BCUT2D eigenvalue weighted by molar-refractivity contribution is -0.136. The molecular weight excluding hydrogens is 586 g/mol. The monoisotopic (exact) mass is 625 g/mol. The van der Waals surface area contributed by atoms with Gasteiger partial charge in [-0.15, -0.1) is 0 Å². The van der Waals surface area contributed by atoms with E-state index in [4.69, 9.17) is 19.2 Å². The van der Waals surface area contributed by atoms with E-state index >= 15 is 0 Å². The molecule has 5 atom stereocenters. The van der Waals surface area contributed by atoms with Gasteiger partial charge in [-0.2, -0.15) is 0 Å². The standard InChI is InChI=1S/C35H39N5O6/c1-44-20-25-15-38(14-21-2-6-28-22(12-21)3-8-32(36-28)39-16-23-10-11-45-30(23)19-39)18-31(25)46-26-4-5-27-24(13-26)17-40(35(27)43)29-7-9-33(41)37-34(29)42/h2-6,8,12-13,23,25,29-31H,7,9-11,14-20H2,1H3,(H,37,41,42)/t23-,25+,29+,30+,31-/m1/s1. The van der Waals surface area contributed by atoms with Gasteiger partial charge in [0.05, 0.1) is 18.2 Å². The topological polar surface area (TPSA) is 114 Å². The molecule has 0 aliphatic carbocycles. The van der Waals surface area contributed by atoms with Crippen LogP contribution in [0.5, 0.6) is 5.75 Å². The fraction of sp³-hybridized carbons (Fsp3) is 0.486. The van der Waals surface area contributed by atoms with Gasteiger partial charge in [-0.1, -0.05) is 6.07 Å². The number of hydrogen-bond donors (Lipinski definition) is 1. The van der Waals surface area contributed by atoms with Crippen LogP contribution in [0.4, 0.5) is 5.82 Å². The van der Waals surface area contributed by atoms with E-state index < -0.39 is 11.9 Å². The molecule has 4 saturated heterocycles. The minimum atomic E-state index is -0.635. The highest BCUT2D eigenvalue weighted by atomic mass is 16.5. The molecular formula is C35H39N5O6. The number of imide groups is 1. The lowest BCUT2D eigenvalue weighted by Crippen LogP contribution is -2.52. The van der Waals surface area contributed by atoms with Gasteiger partial charge in [0.15, 0.2) is 0 Å². The number of aromatic nitrogens is 1. The lowest BCUT2D eigenvalue weighted by Gasteiger charge is -2.29. The highest BCUT2D eigenvalue weighted by Gasteiger charge is 2.40. The number of methoxy groups -OCH3 is 1. The van der Waals surface area contributed by atoms with Gasteiger partial charge in [0.2, 0.25) is 11.8 Å². The normalized spacial score (nSPS) is 27.8. The maximum absolute atomic E-state index is 13.1. The van der Waals surface area contributed by atoms with E-state index in [-0.39, 0.29) is 30.3 Å². The summed E-state index contributed by atoms with van der Waals surface area (Å²) in [6.07, 6.45) is 1.99. The van der Waals surface area contributed by atoms with Crippen LogP contribution >= 0.6 is 0 Å². The molecule has 1 N–H and O–H groups in total. The van der Waals surface area contributed by atoms with Crippen molar-refractivity contribution in [3.05, 3.63) is 65.2 Å². The Morgan fingerprint density at radius 3 is 2.76 bits per heavy atom. The molecule has 4 fully saturated rings. The summed E-state index contributed by atoms with van der Waals surface area (Å²) in [5.74, 6) is 1.65. The van der Waals surface area contributed by atoms with Crippen molar-refractivity contribution in [1.29, 1.82) is 0 Å². The predicted molar refractivity (Wildman–Crippen MR) is 169 cm³/mol. The van der Waals surface area contributed by atoms with Gasteiger partial charge in [-0.3, -0.25) is 24.6 Å². The van der Waals surface area contributed by atoms with E-state index in [1.807, 2.05) is 12.1 Å². The number of carbonyl (C=O) groups is 3. The van der Waals surface area contributed by atoms with Crippen molar-refractivity contribution in [2.75, 3.05) is 51.4 Å². The zero-order valence-corrected chi connectivity index (χ0v) is 26.0. The molecule has 0 unspecified atom stereocenters. The van der Waals surface area contributed by atoms with E-state index in [2.05, 4.69) is 45.4 Å². The smallest absolute Gasteiger partial charge is 0.255 e. The average Bonchev–Trinajstić information content (AvgIpc) is 3.81. The molecule has 8 rings (SSSR count). The number of fused-ring (bicyclic) bond motifs is 3. The van der Waals surface area contributed by atoms with Gasteiger partial charge in [0, 0.05) is 82.2 Å². The van der Waals surface area contributed by atoms with Crippen LogP contribution < -0.4 is 15.0 Å². The molecule has 11 nitrogen and oxygen atoms in total. The predicted octanol–water partition coefficient (Wildman–Crippen LogP) is 2.75. The molecule has 0 saturated carbocycles. The van der Waals surface area contributed by atoms with Crippen molar-refractivity contribution in [3.63, 3.8) is 0 Å². The third-order valence-corrected chi connectivity index (χ3v) is 10.3. The van der Waals surface area contributed by atoms with E-state index in [0.717, 1.165) is 68.0 Å². The number of likely N-dealkylation sites (tertiary alicyclic amines) is 1. The van der Waals surface area contributed by atoms with E-state index in [1.54, 1.807) is 18.1 Å². The van der Waals surface area contributed by atoms with Gasteiger partial charge in [-0.05, 0) is 66.4 Å². The first-order chi connectivity index (χ1) is 22.4. The van der Waals surface area contributed by atoms with Gasteiger partial charge < -0.3 is 24.0 Å². The minimum Gasteiger partial charge on any atom is -0.489 e. The second-order valence-electron chi connectivity index (χ2n) is 13.3. The van der Waals surface area contributed by atoms with Gasteiger partial charge in [0.1, 0.15) is 23.7 Å². The fourth-order valence-electron chi connectivity index (χ4n) is 7.93. The molecule has 6 heterocycles. The van der Waals surface area contributed by atoms with E-state index in [0.29, 0.717) is 42.9 Å². The largest absolute Gasteiger partial charge is 0.489 e. The van der Waals surface area contributed by atoms with Crippen LogP contribution in [-0.2, 0) is 32.2 Å². The Kier molecular flexibility index (Phi) is 7.62. The number of benzene rings is 2. The van der Waals surface area contributed by atoms with Crippen LogP contribution in [0.3, 0.4) is 0 Å². The number of pyridine rings is 1. The van der Waals surface area contributed by atoms with Crippen molar-refractivity contribution in [2.24, 2.45) is 11.8 Å². The summed E-state index contributed by atoms with van der Waals surface area (Å²) >= 11 is 0. The molecule has 3 amide bonds. The zero-order valence-electron chi connectivity index (χ0n) is 26.0. The number of amides is 3. The first-order valence-corrected chi connectivity index (χ1v) is 16.3. The van der Waals surface area contributed by atoms with Crippen LogP contribution in [0.2, 0.25) is 0 Å². The lowest BCUT2D eigenvalue weighted by atomic mass is 10.0. The Morgan fingerprint density at radius 1 is 1.00 bits per heavy atom. The molecule has 11 heteroatoms. The number of hydrogen-bond acceptors (Lipinski definition) is 9. The molecule has 240 valence electrons. The summed E-state index contributed by atoms with van der Waals surface area (Å²) in [5, 5.41) is 3.49. The number of nitrogens with zero attached hydrogens (tertiary/aromatic N) is 4. The molecule has 2 aromatic carbocycles. The van der Waals surface area contributed by atoms with E-state index in [1.165, 1.54) is 5.56 Å². The number of ether oxygens (including phenoxy) is 3. The summed E-state index contributed by atoms with van der Waals surface area (Å²) in [5.41, 5.74) is 3.64. The number of rotatable bonds is 8. The second kappa shape index (κ2) is 11.9. The van der Waals surface area contributed by atoms with Crippen molar-refractivity contribution in [3.8, 4) is 5.75 Å². The van der Waals surface area contributed by atoms with Crippen molar-refractivity contribution >= 4 is 34.4 Å².